The molecule has 3 aliphatic heterocycles. The molecular weight excluding hydrogens is 358 g/mol. The van der Waals surface area contributed by atoms with E-state index in [0.29, 0.717) is 10.8 Å². The number of nitrogens with one attached hydrogen (secondary N) is 1. The lowest BCUT2D eigenvalue weighted by Gasteiger charge is -2.37. The van der Waals surface area contributed by atoms with Crippen LogP contribution in [-0.4, -0.2) is 41.2 Å². The fourth-order valence-electron chi connectivity index (χ4n) is 3.70. The quantitative estimate of drug-likeness (QED) is 0.846. The van der Waals surface area contributed by atoms with Gasteiger partial charge in [-0.05, 0) is 37.1 Å². The number of fused-ring (bicyclic) bond motifs is 4. The van der Waals surface area contributed by atoms with Gasteiger partial charge >= 0.3 is 6.09 Å². The van der Waals surface area contributed by atoms with E-state index in [9.17, 15) is 4.79 Å². The first-order valence-corrected chi connectivity index (χ1v) is 9.81. The van der Waals surface area contributed by atoms with Crippen molar-refractivity contribution in [1.29, 1.82) is 0 Å². The summed E-state index contributed by atoms with van der Waals surface area (Å²) in [7, 11) is 0. The van der Waals surface area contributed by atoms with Crippen molar-refractivity contribution in [3.63, 3.8) is 0 Å². The van der Waals surface area contributed by atoms with Crippen LogP contribution in [0.2, 0.25) is 5.02 Å². The molecule has 0 unspecified atom stereocenters. The molecule has 2 bridgehead atoms. The number of thiazole rings is 1. The average molecular weight is 378 g/mol. The van der Waals surface area contributed by atoms with Gasteiger partial charge in [0.25, 0.3) is 0 Å². The Kier molecular flexibility index (Phi) is 4.67. The number of halogens is 1. The normalized spacial score (nSPS) is 25.4. The molecule has 0 spiro atoms. The zero-order valence-electron chi connectivity index (χ0n) is 13.8. The van der Waals surface area contributed by atoms with Crippen LogP contribution in [0.5, 0.6) is 0 Å². The number of piperidine rings is 1. The Bertz CT molecular complexity index is 766. The molecule has 0 atom stereocenters. The minimum atomic E-state index is -0.412. The summed E-state index contributed by atoms with van der Waals surface area (Å²) in [6.07, 6.45) is 3.44. The van der Waals surface area contributed by atoms with Crippen molar-refractivity contribution < 1.29 is 9.53 Å². The average Bonchev–Trinajstić information content (AvgIpc) is 2.84. The standard InChI is InChI=1S/C18H20ClN3O2S/c19-14-4-1-3-13(11-14)15-16(20-12-25-15)21-17(23)24-18-5-2-8-22(9-6-18)10-7-18/h1,3-4,11-12H,2,5-10H2,(H,21,23). The van der Waals surface area contributed by atoms with Gasteiger partial charge < -0.3 is 9.64 Å². The maximum Gasteiger partial charge on any atom is 0.413 e. The minimum Gasteiger partial charge on any atom is -0.443 e. The van der Waals surface area contributed by atoms with E-state index in [1.165, 1.54) is 11.3 Å². The van der Waals surface area contributed by atoms with Crippen LogP contribution in [0.4, 0.5) is 10.6 Å². The van der Waals surface area contributed by atoms with Gasteiger partial charge in [0.15, 0.2) is 5.82 Å². The highest BCUT2D eigenvalue weighted by Gasteiger charge is 2.40. The zero-order valence-corrected chi connectivity index (χ0v) is 15.4. The highest BCUT2D eigenvalue weighted by molar-refractivity contribution is 7.13. The summed E-state index contributed by atoms with van der Waals surface area (Å²) in [5.41, 5.74) is 2.34. The van der Waals surface area contributed by atoms with Crippen LogP contribution in [0, 0.1) is 0 Å². The summed E-state index contributed by atoms with van der Waals surface area (Å²) >= 11 is 7.54. The van der Waals surface area contributed by atoms with E-state index in [4.69, 9.17) is 16.3 Å². The van der Waals surface area contributed by atoms with Crippen LogP contribution in [0.3, 0.4) is 0 Å². The SMILES string of the molecule is O=C(Nc1ncsc1-c1cccc(Cl)c1)OC12CCCN(CC1)CC2. The number of anilines is 1. The molecule has 0 aliphatic carbocycles. The molecule has 2 aromatic rings. The van der Waals surface area contributed by atoms with Gasteiger partial charge in [0.05, 0.1) is 10.4 Å². The summed E-state index contributed by atoms with van der Waals surface area (Å²) in [6.45, 7) is 3.13. The summed E-state index contributed by atoms with van der Waals surface area (Å²) < 4.78 is 5.90. The molecule has 1 N–H and O–H groups in total. The van der Waals surface area contributed by atoms with Gasteiger partial charge in [0, 0.05) is 31.0 Å². The molecular formula is C18H20ClN3O2S. The monoisotopic (exact) mass is 377 g/mol. The number of rotatable bonds is 3. The van der Waals surface area contributed by atoms with E-state index in [0.717, 1.165) is 55.8 Å². The Morgan fingerprint density at radius 2 is 2.12 bits per heavy atom. The number of hydrogen-bond acceptors (Lipinski definition) is 5. The second-order valence-electron chi connectivity index (χ2n) is 6.68. The minimum absolute atomic E-state index is 0.316. The van der Waals surface area contributed by atoms with Crippen LogP contribution < -0.4 is 5.32 Å². The fraction of sp³-hybridized carbons (Fsp3) is 0.444. The van der Waals surface area contributed by atoms with Crippen LogP contribution in [0.25, 0.3) is 10.4 Å². The number of carbonyl (C=O) groups excluding carboxylic acids is 1. The Labute approximate surface area is 156 Å². The predicted octanol–water partition coefficient (Wildman–Crippen LogP) is 4.64. The van der Waals surface area contributed by atoms with Crippen molar-refractivity contribution in [3.8, 4) is 10.4 Å². The van der Waals surface area contributed by atoms with E-state index in [-0.39, 0.29) is 5.60 Å². The van der Waals surface area contributed by atoms with Crippen LogP contribution in [0.1, 0.15) is 25.7 Å². The summed E-state index contributed by atoms with van der Waals surface area (Å²) in [6, 6.07) is 7.53. The number of amides is 1. The predicted molar refractivity (Wildman–Crippen MR) is 100 cm³/mol. The Hall–Kier alpha value is -1.63. The molecule has 4 heterocycles. The number of ether oxygens (including phenoxy) is 1. The molecule has 25 heavy (non-hydrogen) atoms. The van der Waals surface area contributed by atoms with E-state index >= 15 is 0 Å². The van der Waals surface area contributed by atoms with E-state index in [2.05, 4.69) is 15.2 Å². The van der Waals surface area contributed by atoms with E-state index in [1.54, 1.807) is 5.51 Å². The van der Waals surface area contributed by atoms with Crippen molar-refractivity contribution in [2.75, 3.05) is 25.0 Å². The third-order valence-corrected chi connectivity index (χ3v) is 6.17. The first kappa shape index (κ1) is 16.8. The van der Waals surface area contributed by atoms with Gasteiger partial charge in [0.2, 0.25) is 0 Å². The van der Waals surface area contributed by atoms with Crippen LogP contribution >= 0.6 is 22.9 Å². The van der Waals surface area contributed by atoms with Gasteiger partial charge in [-0.15, -0.1) is 11.3 Å². The molecule has 3 aliphatic rings. The molecule has 0 saturated carbocycles. The summed E-state index contributed by atoms with van der Waals surface area (Å²) in [4.78, 5) is 20.1. The maximum absolute atomic E-state index is 12.5. The highest BCUT2D eigenvalue weighted by Crippen LogP contribution is 2.36. The number of benzene rings is 1. The number of hydrogen-bond donors (Lipinski definition) is 1. The number of carbonyl (C=O) groups is 1. The molecule has 3 saturated heterocycles. The Morgan fingerprint density at radius 3 is 2.92 bits per heavy atom. The smallest absolute Gasteiger partial charge is 0.413 e. The molecule has 1 aromatic carbocycles. The first-order chi connectivity index (χ1) is 12.1. The van der Waals surface area contributed by atoms with Crippen molar-refractivity contribution in [2.24, 2.45) is 0 Å². The van der Waals surface area contributed by atoms with Gasteiger partial charge in [-0.2, -0.15) is 0 Å². The van der Waals surface area contributed by atoms with Crippen LogP contribution in [-0.2, 0) is 4.74 Å². The van der Waals surface area contributed by atoms with Gasteiger partial charge in [-0.1, -0.05) is 23.7 Å². The lowest BCUT2D eigenvalue weighted by atomic mass is 9.89. The third kappa shape index (κ3) is 3.66. The molecule has 0 radical (unpaired) electrons. The van der Waals surface area contributed by atoms with Crippen molar-refractivity contribution >= 4 is 34.8 Å². The third-order valence-electron chi connectivity index (χ3n) is 5.06. The second-order valence-corrected chi connectivity index (χ2v) is 7.97. The van der Waals surface area contributed by atoms with Crippen LogP contribution in [0.15, 0.2) is 29.8 Å². The first-order valence-electron chi connectivity index (χ1n) is 8.55. The molecule has 132 valence electrons. The van der Waals surface area contributed by atoms with Crippen molar-refractivity contribution in [3.05, 3.63) is 34.8 Å². The number of aromatic nitrogens is 1. The van der Waals surface area contributed by atoms with Gasteiger partial charge in [-0.25, -0.2) is 9.78 Å². The van der Waals surface area contributed by atoms with Crippen molar-refractivity contribution in [1.82, 2.24) is 9.88 Å². The maximum atomic E-state index is 12.5. The summed E-state index contributed by atoms with van der Waals surface area (Å²) in [5, 5.41) is 3.49. The summed E-state index contributed by atoms with van der Waals surface area (Å²) in [5.74, 6) is 0.528. The lowest BCUT2D eigenvalue weighted by Crippen LogP contribution is -2.44. The lowest BCUT2D eigenvalue weighted by molar-refractivity contribution is -0.0176. The van der Waals surface area contributed by atoms with E-state index < -0.39 is 6.09 Å². The molecule has 5 nitrogen and oxygen atoms in total. The largest absolute Gasteiger partial charge is 0.443 e. The number of nitrogens with zero attached hydrogens (tertiary/aromatic N) is 2. The molecule has 1 aromatic heterocycles. The topological polar surface area (TPSA) is 54.5 Å². The molecule has 5 rings (SSSR count). The Morgan fingerprint density at radius 1 is 1.28 bits per heavy atom. The highest BCUT2D eigenvalue weighted by atomic mass is 35.5. The second kappa shape index (κ2) is 6.94. The fourth-order valence-corrected chi connectivity index (χ4v) is 4.63. The van der Waals surface area contributed by atoms with Gasteiger partial charge in [-0.3, -0.25) is 5.32 Å². The molecule has 3 fully saturated rings. The van der Waals surface area contributed by atoms with Gasteiger partial charge in [0.1, 0.15) is 5.60 Å². The Balaban J connectivity index is 1.48. The molecule has 1 amide bonds. The molecule has 7 heteroatoms. The zero-order chi connectivity index (χ0) is 17.3. The van der Waals surface area contributed by atoms with E-state index in [1.807, 2.05) is 24.3 Å². The van der Waals surface area contributed by atoms with Crippen molar-refractivity contribution in [2.45, 2.75) is 31.3 Å².